The van der Waals surface area contributed by atoms with Gasteiger partial charge in [-0.05, 0) is 70.8 Å². The number of aliphatic hydroxyl groups is 1. The number of aliphatic hydroxyl groups excluding tert-OH is 1. The molecule has 2 atom stereocenters. The van der Waals surface area contributed by atoms with E-state index >= 15 is 0 Å². The van der Waals surface area contributed by atoms with E-state index in [0.717, 1.165) is 18.2 Å². The Morgan fingerprint density at radius 2 is 1.72 bits per heavy atom. The van der Waals surface area contributed by atoms with Crippen LogP contribution in [-0.2, 0) is 32.5 Å². The molecule has 1 aliphatic heterocycles. The first kappa shape index (κ1) is 36.0. The summed E-state index contributed by atoms with van der Waals surface area (Å²) in [6, 6.07) is 24.2. The Bertz CT molecular complexity index is 1970. The largest absolute Gasteiger partial charge is 0.494 e. The van der Waals surface area contributed by atoms with Crippen LogP contribution in [0.25, 0.3) is 10.4 Å². The third-order valence-electron chi connectivity index (χ3n) is 7.94. The lowest BCUT2D eigenvalue weighted by atomic mass is 9.83. The zero-order valence-electron chi connectivity index (χ0n) is 26.7. The van der Waals surface area contributed by atoms with Crippen LogP contribution < -0.4 is 15.6 Å². The van der Waals surface area contributed by atoms with Crippen LogP contribution in [0.4, 0.5) is 8.78 Å². The van der Waals surface area contributed by atoms with Gasteiger partial charge in [-0.1, -0.05) is 47.6 Å². The van der Waals surface area contributed by atoms with E-state index in [1.807, 2.05) is 0 Å². The molecule has 0 bridgehead atoms. The van der Waals surface area contributed by atoms with Crippen molar-refractivity contribution in [2.75, 3.05) is 19.0 Å². The Morgan fingerprint density at radius 1 is 1.02 bits per heavy atom. The highest BCUT2D eigenvalue weighted by Gasteiger charge is 2.54. The smallest absolute Gasteiger partial charge is 0.266 e. The van der Waals surface area contributed by atoms with Crippen LogP contribution in [0.2, 0.25) is 0 Å². The zero-order chi connectivity index (χ0) is 35.6. The molecule has 5 rings (SSSR count). The topological polar surface area (TPSA) is 175 Å². The number of halogens is 2. The summed E-state index contributed by atoms with van der Waals surface area (Å²) < 4.78 is 66.9. The number of nitrogens with one attached hydrogen (secondary N) is 2. The predicted molar refractivity (Wildman–Crippen MR) is 180 cm³/mol. The summed E-state index contributed by atoms with van der Waals surface area (Å²) in [4.78, 5) is 22.1. The highest BCUT2D eigenvalue weighted by atomic mass is 32.2. The fourth-order valence-electron chi connectivity index (χ4n) is 5.47. The quantitative estimate of drug-likeness (QED) is 0.0455. The van der Waals surface area contributed by atoms with Crippen LogP contribution in [0.15, 0.2) is 112 Å². The van der Waals surface area contributed by atoms with E-state index in [1.165, 1.54) is 12.1 Å². The maximum atomic E-state index is 14.4. The molecule has 0 spiro atoms. The molecule has 4 aromatic carbocycles. The summed E-state index contributed by atoms with van der Waals surface area (Å²) in [5.41, 5.74) is 14.0. The number of nitrogens with zero attached hydrogens (tertiary/aromatic N) is 4. The van der Waals surface area contributed by atoms with Crippen molar-refractivity contribution in [2.45, 2.75) is 42.5 Å². The van der Waals surface area contributed by atoms with Crippen molar-refractivity contribution in [2.24, 2.45) is 10.1 Å². The van der Waals surface area contributed by atoms with Crippen molar-refractivity contribution in [1.29, 1.82) is 0 Å². The van der Waals surface area contributed by atoms with E-state index < -0.39 is 44.8 Å². The summed E-state index contributed by atoms with van der Waals surface area (Å²) in [5, 5.41) is 12.8. The summed E-state index contributed by atoms with van der Waals surface area (Å²) in [6.45, 7) is 0.00637. The number of rotatable bonds is 16. The second-order valence-corrected chi connectivity index (χ2v) is 13.5. The van der Waals surface area contributed by atoms with Gasteiger partial charge in [-0.2, -0.15) is 0 Å². The summed E-state index contributed by atoms with van der Waals surface area (Å²) in [6.07, 6.45) is -1.11. The van der Waals surface area contributed by atoms with Gasteiger partial charge in [0.05, 0.1) is 23.8 Å². The molecule has 0 unspecified atom stereocenters. The van der Waals surface area contributed by atoms with Crippen LogP contribution in [0, 0.1) is 11.6 Å². The number of carbonyl (C=O) groups is 1. The molecule has 1 aliphatic rings. The molecule has 3 N–H and O–H groups in total. The van der Waals surface area contributed by atoms with Crippen molar-refractivity contribution in [1.82, 2.24) is 10.9 Å². The van der Waals surface area contributed by atoms with E-state index in [-0.39, 0.29) is 42.5 Å². The monoisotopic (exact) mass is 704 g/mol. The Morgan fingerprint density at radius 3 is 2.42 bits per heavy atom. The van der Waals surface area contributed by atoms with Gasteiger partial charge in [-0.3, -0.25) is 10.2 Å². The number of aliphatic imine (C=N–C) groups is 1. The van der Waals surface area contributed by atoms with Gasteiger partial charge in [-0.15, -0.1) is 0 Å². The van der Waals surface area contributed by atoms with Gasteiger partial charge in [0.1, 0.15) is 17.4 Å². The number of hydrazine groups is 1. The summed E-state index contributed by atoms with van der Waals surface area (Å²) >= 11 is 0. The van der Waals surface area contributed by atoms with Gasteiger partial charge >= 0.3 is 0 Å². The third kappa shape index (κ3) is 8.62. The molecule has 4 aromatic rings. The average Bonchev–Trinajstić information content (AvgIpc) is 3.51. The number of amides is 1. The standard InChI is InChI=1S/C35H34F2N6O6S/c36-27-19-24(20-28(37)21-27)22-39-42-34(45)35(15-18-50(46,47)30-8-2-1-3-9-30)32(31-10-5-4-7-26(31)23-40-43-38)49-33(41-35)25-11-13-29(14-12-25)48-17-6-16-44/h1-5,7-14,19-21,32,39,44H,6,15-18,22-23H2,(H,42,45)/t32-,35-/m0/s1. The molecular weight excluding hydrogens is 670 g/mol. The summed E-state index contributed by atoms with van der Waals surface area (Å²) in [7, 11) is -3.93. The average molecular weight is 705 g/mol. The second kappa shape index (κ2) is 16.4. The van der Waals surface area contributed by atoms with Gasteiger partial charge in [0, 0.05) is 42.5 Å². The van der Waals surface area contributed by atoms with Crippen LogP contribution in [0.1, 0.15) is 41.2 Å². The molecule has 0 aromatic heterocycles. The molecule has 0 saturated carbocycles. The lowest BCUT2D eigenvalue weighted by molar-refractivity contribution is -0.130. The lowest BCUT2D eigenvalue weighted by Crippen LogP contribution is -2.53. The van der Waals surface area contributed by atoms with E-state index in [0.29, 0.717) is 35.5 Å². The molecule has 15 heteroatoms. The Kier molecular flexibility index (Phi) is 11.8. The van der Waals surface area contributed by atoms with Crippen molar-refractivity contribution in [3.05, 3.63) is 141 Å². The van der Waals surface area contributed by atoms with Crippen molar-refractivity contribution in [3.8, 4) is 5.75 Å². The van der Waals surface area contributed by atoms with Crippen LogP contribution in [-0.4, -0.2) is 49.8 Å². The molecule has 50 heavy (non-hydrogen) atoms. The molecule has 0 saturated heterocycles. The fourth-order valence-corrected chi connectivity index (χ4v) is 6.86. The Balaban J connectivity index is 1.57. The minimum absolute atomic E-state index is 0.0244. The SMILES string of the molecule is [N-]=[N+]=NCc1ccccc1[C@@H]1OC(c2ccc(OCCCO)cc2)=N[C@]1(CCS(=O)(=O)c1ccccc1)C(=O)NNCc1cc(F)cc(F)c1. The second-order valence-electron chi connectivity index (χ2n) is 11.3. The predicted octanol–water partition coefficient (Wildman–Crippen LogP) is 5.48. The Hall–Kier alpha value is -5.34. The number of carbonyl (C=O) groups excluding carboxylic acids is 1. The van der Waals surface area contributed by atoms with Crippen molar-refractivity contribution < 1.29 is 36.6 Å². The van der Waals surface area contributed by atoms with Crippen molar-refractivity contribution >= 4 is 21.6 Å². The highest BCUT2D eigenvalue weighted by Crippen LogP contribution is 2.44. The van der Waals surface area contributed by atoms with E-state index in [1.54, 1.807) is 66.7 Å². The lowest BCUT2D eigenvalue weighted by Gasteiger charge is -2.31. The van der Waals surface area contributed by atoms with E-state index in [2.05, 4.69) is 20.9 Å². The first-order valence-electron chi connectivity index (χ1n) is 15.6. The van der Waals surface area contributed by atoms with Crippen LogP contribution >= 0.6 is 0 Å². The molecule has 0 fully saturated rings. The Labute approximate surface area is 287 Å². The molecule has 0 radical (unpaired) electrons. The maximum absolute atomic E-state index is 14.4. The molecule has 12 nitrogen and oxygen atoms in total. The maximum Gasteiger partial charge on any atom is 0.266 e. The molecule has 260 valence electrons. The number of azide groups is 1. The van der Waals surface area contributed by atoms with Gasteiger partial charge in [0.2, 0.25) is 5.90 Å². The number of hydrogen-bond donors (Lipinski definition) is 3. The number of benzene rings is 4. The normalized spacial score (nSPS) is 16.9. The van der Waals surface area contributed by atoms with Gasteiger partial charge in [0.25, 0.3) is 5.91 Å². The van der Waals surface area contributed by atoms with E-state index in [9.17, 15) is 22.0 Å². The number of ether oxygens (including phenoxy) is 2. The highest BCUT2D eigenvalue weighted by molar-refractivity contribution is 7.91. The first-order chi connectivity index (χ1) is 24.1. The fraction of sp³-hybridized carbons (Fsp3) is 0.257. The minimum Gasteiger partial charge on any atom is -0.494 e. The third-order valence-corrected chi connectivity index (χ3v) is 9.67. The van der Waals surface area contributed by atoms with Crippen molar-refractivity contribution in [3.63, 3.8) is 0 Å². The molecular formula is C35H34F2N6O6S. The van der Waals surface area contributed by atoms with E-state index in [4.69, 9.17) is 25.1 Å². The molecule has 0 aliphatic carbocycles. The van der Waals surface area contributed by atoms with Gasteiger partial charge in [-0.25, -0.2) is 27.6 Å². The first-order valence-corrected chi connectivity index (χ1v) is 17.3. The minimum atomic E-state index is -3.93. The molecule has 1 heterocycles. The zero-order valence-corrected chi connectivity index (χ0v) is 27.5. The number of sulfone groups is 1. The summed E-state index contributed by atoms with van der Waals surface area (Å²) in [5.74, 6) is -2.32. The van der Waals surface area contributed by atoms with Gasteiger partial charge in [0.15, 0.2) is 21.5 Å². The van der Waals surface area contributed by atoms with Crippen LogP contribution in [0.3, 0.4) is 0 Å². The number of hydrogen-bond acceptors (Lipinski definition) is 9. The van der Waals surface area contributed by atoms with Crippen LogP contribution in [0.5, 0.6) is 5.75 Å². The molecule has 1 amide bonds. The van der Waals surface area contributed by atoms with Gasteiger partial charge < -0.3 is 14.6 Å².